The molecule has 142 valence electrons. The topological polar surface area (TPSA) is 42.9 Å². The van der Waals surface area contributed by atoms with Crippen molar-refractivity contribution in [1.82, 2.24) is 20.4 Å². The fourth-order valence-corrected chi connectivity index (χ4v) is 3.41. The van der Waals surface area contributed by atoms with Crippen LogP contribution < -0.4 is 10.6 Å². The van der Waals surface area contributed by atoms with Crippen molar-refractivity contribution in [2.75, 3.05) is 52.9 Å². The van der Waals surface area contributed by atoms with Crippen molar-refractivity contribution in [1.29, 1.82) is 0 Å². The highest BCUT2D eigenvalue weighted by Crippen LogP contribution is 2.15. The van der Waals surface area contributed by atoms with E-state index in [4.69, 9.17) is 0 Å². The average Bonchev–Trinajstić information content (AvgIpc) is 2.61. The molecule has 1 rings (SSSR count). The molecule has 1 saturated heterocycles. The second kappa shape index (κ2) is 13.5. The summed E-state index contributed by atoms with van der Waals surface area (Å²) >= 11 is 0. The molecular weight excluding hydrogens is 298 g/mol. The Morgan fingerprint density at radius 3 is 2.42 bits per heavy atom. The molecule has 0 spiro atoms. The molecule has 5 heteroatoms. The Morgan fingerprint density at radius 2 is 1.79 bits per heavy atom. The highest BCUT2D eigenvalue weighted by atomic mass is 15.2. The van der Waals surface area contributed by atoms with E-state index >= 15 is 0 Å². The zero-order valence-electron chi connectivity index (χ0n) is 16.6. The molecule has 0 saturated carbocycles. The van der Waals surface area contributed by atoms with Gasteiger partial charge in [0, 0.05) is 32.7 Å². The fourth-order valence-electron chi connectivity index (χ4n) is 3.41. The molecular formula is C19H41N5. The van der Waals surface area contributed by atoms with E-state index in [2.05, 4.69) is 46.2 Å². The number of likely N-dealkylation sites (tertiary alicyclic amines) is 1. The van der Waals surface area contributed by atoms with Crippen molar-refractivity contribution in [3.8, 4) is 0 Å². The van der Waals surface area contributed by atoms with Crippen LogP contribution in [0.25, 0.3) is 0 Å². The summed E-state index contributed by atoms with van der Waals surface area (Å²) in [5.41, 5.74) is 0. The first-order chi connectivity index (χ1) is 11.7. The van der Waals surface area contributed by atoms with E-state index in [1.807, 2.05) is 7.05 Å². The molecule has 1 aliphatic rings. The van der Waals surface area contributed by atoms with E-state index in [1.165, 1.54) is 58.2 Å². The molecule has 0 radical (unpaired) electrons. The maximum Gasteiger partial charge on any atom is 0.190 e. The van der Waals surface area contributed by atoms with Gasteiger partial charge in [-0.25, -0.2) is 0 Å². The normalized spacial score (nSPS) is 19.7. The summed E-state index contributed by atoms with van der Waals surface area (Å²) in [6.45, 7) is 14.8. The van der Waals surface area contributed by atoms with Crippen molar-refractivity contribution >= 4 is 5.96 Å². The molecule has 1 atom stereocenters. The molecule has 0 aliphatic carbocycles. The highest BCUT2D eigenvalue weighted by molar-refractivity contribution is 5.79. The van der Waals surface area contributed by atoms with Crippen LogP contribution in [-0.2, 0) is 0 Å². The molecule has 0 amide bonds. The van der Waals surface area contributed by atoms with Gasteiger partial charge in [-0.1, -0.05) is 20.3 Å². The SMILES string of the molecule is CCN(CC)CCCCNC(=NC)NCCCN1CCCCC1C. The number of piperidine rings is 1. The van der Waals surface area contributed by atoms with Gasteiger partial charge in [0.05, 0.1) is 0 Å². The van der Waals surface area contributed by atoms with E-state index in [-0.39, 0.29) is 0 Å². The lowest BCUT2D eigenvalue weighted by atomic mass is 10.0. The van der Waals surface area contributed by atoms with Gasteiger partial charge in [-0.05, 0) is 65.2 Å². The molecule has 1 heterocycles. The minimum absolute atomic E-state index is 0.766. The minimum Gasteiger partial charge on any atom is -0.356 e. The number of unbranched alkanes of at least 4 members (excludes halogenated alkanes) is 1. The van der Waals surface area contributed by atoms with Gasteiger partial charge in [0.25, 0.3) is 0 Å². The first-order valence-electron chi connectivity index (χ1n) is 10.1. The lowest BCUT2D eigenvalue weighted by Crippen LogP contribution is -2.41. The Kier molecular flexibility index (Phi) is 11.9. The van der Waals surface area contributed by atoms with Crippen LogP contribution in [0.1, 0.15) is 59.3 Å². The quantitative estimate of drug-likeness (QED) is 0.345. The zero-order chi connectivity index (χ0) is 17.6. The number of guanidine groups is 1. The van der Waals surface area contributed by atoms with Crippen molar-refractivity contribution in [2.24, 2.45) is 4.99 Å². The van der Waals surface area contributed by atoms with Crippen LogP contribution in [0.3, 0.4) is 0 Å². The monoisotopic (exact) mass is 339 g/mol. The summed E-state index contributed by atoms with van der Waals surface area (Å²) in [6, 6.07) is 0.766. The molecule has 1 aliphatic heterocycles. The molecule has 0 aromatic rings. The summed E-state index contributed by atoms with van der Waals surface area (Å²) in [5.74, 6) is 0.949. The van der Waals surface area contributed by atoms with Gasteiger partial charge in [-0.3, -0.25) is 4.99 Å². The first-order valence-corrected chi connectivity index (χ1v) is 10.1. The predicted octanol–water partition coefficient (Wildman–Crippen LogP) is 2.54. The van der Waals surface area contributed by atoms with E-state index < -0.39 is 0 Å². The summed E-state index contributed by atoms with van der Waals surface area (Å²) in [5, 5.41) is 6.88. The van der Waals surface area contributed by atoms with Crippen LogP contribution in [0, 0.1) is 0 Å². The van der Waals surface area contributed by atoms with Gasteiger partial charge >= 0.3 is 0 Å². The van der Waals surface area contributed by atoms with Crippen LogP contribution in [0.4, 0.5) is 0 Å². The van der Waals surface area contributed by atoms with Gasteiger partial charge in [0.1, 0.15) is 0 Å². The zero-order valence-corrected chi connectivity index (χ0v) is 16.6. The first kappa shape index (κ1) is 21.2. The van der Waals surface area contributed by atoms with Crippen molar-refractivity contribution in [3.05, 3.63) is 0 Å². The number of rotatable bonds is 11. The van der Waals surface area contributed by atoms with E-state index in [9.17, 15) is 0 Å². The van der Waals surface area contributed by atoms with Crippen LogP contribution in [0.2, 0.25) is 0 Å². The van der Waals surface area contributed by atoms with Crippen LogP contribution in [0.5, 0.6) is 0 Å². The summed E-state index contributed by atoms with van der Waals surface area (Å²) in [4.78, 5) is 9.44. The van der Waals surface area contributed by atoms with Crippen LogP contribution in [-0.4, -0.2) is 74.7 Å². The number of aliphatic imine (C=N–C) groups is 1. The van der Waals surface area contributed by atoms with Crippen molar-refractivity contribution < 1.29 is 0 Å². The van der Waals surface area contributed by atoms with E-state index in [1.54, 1.807) is 0 Å². The third-order valence-electron chi connectivity index (χ3n) is 5.17. The Labute approximate surface area is 150 Å². The third-order valence-corrected chi connectivity index (χ3v) is 5.17. The molecule has 1 unspecified atom stereocenters. The van der Waals surface area contributed by atoms with Gasteiger partial charge in [-0.2, -0.15) is 0 Å². The summed E-state index contributed by atoms with van der Waals surface area (Å²) in [7, 11) is 1.86. The number of nitrogens with one attached hydrogen (secondary N) is 2. The lowest BCUT2D eigenvalue weighted by Gasteiger charge is -2.33. The number of nitrogens with zero attached hydrogens (tertiary/aromatic N) is 3. The molecule has 2 N–H and O–H groups in total. The highest BCUT2D eigenvalue weighted by Gasteiger charge is 2.16. The molecule has 0 aromatic carbocycles. The van der Waals surface area contributed by atoms with Crippen LogP contribution >= 0.6 is 0 Å². The smallest absolute Gasteiger partial charge is 0.190 e. The minimum atomic E-state index is 0.766. The number of hydrogen-bond acceptors (Lipinski definition) is 3. The predicted molar refractivity (Wildman–Crippen MR) is 106 cm³/mol. The average molecular weight is 340 g/mol. The largest absolute Gasteiger partial charge is 0.356 e. The van der Waals surface area contributed by atoms with Gasteiger partial charge in [0.15, 0.2) is 5.96 Å². The molecule has 0 aromatic heterocycles. The summed E-state index contributed by atoms with van der Waals surface area (Å²) < 4.78 is 0. The van der Waals surface area contributed by atoms with E-state index in [0.717, 1.165) is 38.2 Å². The van der Waals surface area contributed by atoms with Gasteiger partial charge < -0.3 is 20.4 Å². The van der Waals surface area contributed by atoms with Crippen LogP contribution in [0.15, 0.2) is 4.99 Å². The second-order valence-corrected chi connectivity index (χ2v) is 6.89. The van der Waals surface area contributed by atoms with Gasteiger partial charge in [0.2, 0.25) is 0 Å². The van der Waals surface area contributed by atoms with Crippen molar-refractivity contribution in [2.45, 2.75) is 65.3 Å². The third kappa shape index (κ3) is 8.88. The lowest BCUT2D eigenvalue weighted by molar-refractivity contribution is 0.159. The second-order valence-electron chi connectivity index (χ2n) is 6.89. The molecule has 5 nitrogen and oxygen atoms in total. The Balaban J connectivity index is 2.04. The Bertz CT molecular complexity index is 328. The standard InChI is InChI=1S/C19H41N5/c1-5-23(6-2)15-10-8-13-21-19(20-4)22-14-11-17-24-16-9-7-12-18(24)3/h18H,5-17H2,1-4H3,(H2,20,21,22). The van der Waals surface area contributed by atoms with E-state index in [0.29, 0.717) is 0 Å². The molecule has 0 bridgehead atoms. The van der Waals surface area contributed by atoms with Gasteiger partial charge in [-0.15, -0.1) is 0 Å². The number of hydrogen-bond donors (Lipinski definition) is 2. The Hall–Kier alpha value is -0.810. The van der Waals surface area contributed by atoms with Crippen molar-refractivity contribution in [3.63, 3.8) is 0 Å². The fraction of sp³-hybridized carbons (Fsp3) is 0.947. The summed E-state index contributed by atoms with van der Waals surface area (Å²) in [6.07, 6.45) is 7.77. The molecule has 1 fully saturated rings. The maximum absolute atomic E-state index is 4.32. The Morgan fingerprint density at radius 1 is 1.08 bits per heavy atom. The molecule has 24 heavy (non-hydrogen) atoms. The maximum atomic E-state index is 4.32.